The lowest BCUT2D eigenvalue weighted by Gasteiger charge is -2.37. The van der Waals surface area contributed by atoms with Crippen molar-refractivity contribution in [2.24, 2.45) is 0 Å². The Hall–Kier alpha value is -3.81. The van der Waals surface area contributed by atoms with Gasteiger partial charge in [-0.15, -0.1) is 0 Å². The van der Waals surface area contributed by atoms with E-state index in [2.05, 4.69) is 22.2 Å². The summed E-state index contributed by atoms with van der Waals surface area (Å²) in [7, 11) is 0. The van der Waals surface area contributed by atoms with Crippen molar-refractivity contribution in [2.75, 3.05) is 13.1 Å². The zero-order valence-corrected chi connectivity index (χ0v) is 19.4. The lowest BCUT2D eigenvalue weighted by Crippen LogP contribution is -2.44. The molecule has 2 aromatic heterocycles. The number of benzene rings is 2. The minimum atomic E-state index is -0.255. The summed E-state index contributed by atoms with van der Waals surface area (Å²) >= 11 is 0. The summed E-state index contributed by atoms with van der Waals surface area (Å²) in [4.78, 5) is 32.1. The normalized spacial score (nSPS) is 15.5. The van der Waals surface area contributed by atoms with Crippen LogP contribution < -0.4 is 0 Å². The third-order valence-corrected chi connectivity index (χ3v) is 6.77. The smallest absolute Gasteiger partial charge is 0.257 e. The number of fused-ring (bicyclic) bond motifs is 1. The van der Waals surface area contributed by atoms with E-state index in [-0.39, 0.29) is 30.1 Å². The van der Waals surface area contributed by atoms with Crippen molar-refractivity contribution >= 4 is 22.7 Å². The molecule has 4 aromatic rings. The van der Waals surface area contributed by atoms with Crippen LogP contribution in [0.2, 0.25) is 0 Å². The van der Waals surface area contributed by atoms with E-state index in [0.29, 0.717) is 24.8 Å². The number of hydrogen-bond donors (Lipinski definition) is 0. The molecule has 1 aliphatic heterocycles. The lowest BCUT2D eigenvalue weighted by molar-refractivity contribution is -0.132. The van der Waals surface area contributed by atoms with Crippen molar-refractivity contribution < 1.29 is 14.1 Å². The molecule has 1 saturated heterocycles. The van der Waals surface area contributed by atoms with Crippen LogP contribution in [0.4, 0.5) is 0 Å². The molecule has 0 saturated carbocycles. The van der Waals surface area contributed by atoms with Gasteiger partial charge in [-0.2, -0.15) is 14.8 Å². The number of piperidine rings is 1. The van der Waals surface area contributed by atoms with Crippen LogP contribution in [0.1, 0.15) is 48.9 Å². The molecule has 3 heterocycles. The number of rotatable bonds is 5. The molecule has 1 aliphatic rings. The molecule has 1 fully saturated rings. The highest BCUT2D eigenvalue weighted by atomic mass is 16.5. The molecular formula is C26H27N5O3. The fourth-order valence-electron chi connectivity index (χ4n) is 4.53. The van der Waals surface area contributed by atoms with Crippen molar-refractivity contribution in [1.29, 1.82) is 0 Å². The summed E-state index contributed by atoms with van der Waals surface area (Å²) < 4.78 is 6.92. The Balaban J connectivity index is 1.18. The maximum Gasteiger partial charge on any atom is 0.257 e. The van der Waals surface area contributed by atoms with E-state index in [1.807, 2.05) is 66.4 Å². The minimum absolute atomic E-state index is 0.0123. The largest absolute Gasteiger partial charge is 0.343 e. The van der Waals surface area contributed by atoms with Crippen LogP contribution in [0.15, 0.2) is 59.1 Å². The number of carbonyl (C=O) groups is 2. The quantitative estimate of drug-likeness (QED) is 0.441. The third-order valence-electron chi connectivity index (χ3n) is 6.77. The highest BCUT2D eigenvalue weighted by molar-refractivity contribution is 5.93. The lowest BCUT2D eigenvalue weighted by atomic mass is 9.79. The topological polar surface area (TPSA) is 94.1 Å². The SMILES string of the molecule is Cc1nn(C(=O)CCC(=O)N2CCC(C)(c3noc(-c4ccccc4)n3)CC2)c2ccccc12. The van der Waals surface area contributed by atoms with Gasteiger partial charge in [-0.1, -0.05) is 48.5 Å². The number of carbonyl (C=O) groups excluding carboxylic acids is 2. The summed E-state index contributed by atoms with van der Waals surface area (Å²) in [6.07, 6.45) is 1.78. The third kappa shape index (κ3) is 4.11. The Labute approximate surface area is 197 Å². The molecule has 5 rings (SSSR count). The molecule has 0 bridgehead atoms. The molecule has 34 heavy (non-hydrogen) atoms. The van der Waals surface area contributed by atoms with Crippen LogP contribution in [0.3, 0.4) is 0 Å². The maximum absolute atomic E-state index is 12.8. The average Bonchev–Trinajstić information content (AvgIpc) is 3.50. The summed E-state index contributed by atoms with van der Waals surface area (Å²) in [6.45, 7) is 5.20. The summed E-state index contributed by atoms with van der Waals surface area (Å²) in [5.41, 5.74) is 2.22. The number of nitrogens with zero attached hydrogens (tertiary/aromatic N) is 5. The standard InChI is InChI=1S/C26H27N5O3/c1-18-20-10-6-7-11-21(20)31(28-18)23(33)13-12-22(32)30-16-14-26(2,15-17-30)25-27-24(34-29-25)19-8-4-3-5-9-19/h3-11H,12-17H2,1-2H3. The predicted octanol–water partition coefficient (Wildman–Crippen LogP) is 4.40. The predicted molar refractivity (Wildman–Crippen MR) is 127 cm³/mol. The average molecular weight is 458 g/mol. The monoisotopic (exact) mass is 457 g/mol. The van der Waals surface area contributed by atoms with Gasteiger partial charge in [0.15, 0.2) is 5.82 Å². The molecule has 8 nitrogen and oxygen atoms in total. The second-order valence-corrected chi connectivity index (χ2v) is 9.14. The van der Waals surface area contributed by atoms with Crippen molar-refractivity contribution in [3.63, 3.8) is 0 Å². The molecule has 0 N–H and O–H groups in total. The molecule has 174 valence electrons. The number of amides is 1. The van der Waals surface area contributed by atoms with E-state index in [4.69, 9.17) is 4.52 Å². The van der Waals surface area contributed by atoms with Crippen molar-refractivity contribution in [2.45, 2.75) is 44.9 Å². The van der Waals surface area contributed by atoms with Gasteiger partial charge in [0, 0.05) is 42.3 Å². The Bertz CT molecular complexity index is 1330. The Morgan fingerprint density at radius 2 is 1.65 bits per heavy atom. The molecule has 0 spiro atoms. The zero-order chi connectivity index (χ0) is 23.7. The van der Waals surface area contributed by atoms with Crippen LogP contribution in [-0.2, 0) is 10.2 Å². The van der Waals surface area contributed by atoms with E-state index in [0.717, 1.165) is 35.0 Å². The summed E-state index contributed by atoms with van der Waals surface area (Å²) in [5, 5.41) is 9.56. The second-order valence-electron chi connectivity index (χ2n) is 9.14. The van der Waals surface area contributed by atoms with Gasteiger partial charge in [0.1, 0.15) is 0 Å². The van der Waals surface area contributed by atoms with Gasteiger partial charge in [0.05, 0.1) is 11.2 Å². The highest BCUT2D eigenvalue weighted by Gasteiger charge is 2.37. The first-order chi connectivity index (χ1) is 16.4. The van der Waals surface area contributed by atoms with E-state index in [9.17, 15) is 9.59 Å². The fraction of sp³-hybridized carbons (Fsp3) is 0.346. The molecule has 0 atom stereocenters. The van der Waals surface area contributed by atoms with Gasteiger partial charge in [0.25, 0.3) is 5.89 Å². The number of aromatic nitrogens is 4. The molecule has 1 amide bonds. The van der Waals surface area contributed by atoms with Crippen molar-refractivity contribution in [3.8, 4) is 11.5 Å². The summed E-state index contributed by atoms with van der Waals surface area (Å²) in [6, 6.07) is 17.3. The van der Waals surface area contributed by atoms with Crippen molar-refractivity contribution in [3.05, 3.63) is 66.1 Å². The summed E-state index contributed by atoms with van der Waals surface area (Å²) in [5.74, 6) is 1.01. The Morgan fingerprint density at radius 1 is 0.971 bits per heavy atom. The molecule has 0 radical (unpaired) electrons. The van der Waals surface area contributed by atoms with Crippen LogP contribution >= 0.6 is 0 Å². The highest BCUT2D eigenvalue weighted by Crippen LogP contribution is 2.34. The van der Waals surface area contributed by atoms with E-state index < -0.39 is 0 Å². The zero-order valence-electron chi connectivity index (χ0n) is 19.4. The first-order valence-corrected chi connectivity index (χ1v) is 11.6. The number of likely N-dealkylation sites (tertiary alicyclic amines) is 1. The number of hydrogen-bond acceptors (Lipinski definition) is 6. The van der Waals surface area contributed by atoms with Crippen molar-refractivity contribution in [1.82, 2.24) is 24.8 Å². The van der Waals surface area contributed by atoms with Gasteiger partial charge in [-0.25, -0.2) is 0 Å². The number of aryl methyl sites for hydroxylation is 1. The van der Waals surface area contributed by atoms with E-state index in [1.54, 1.807) is 0 Å². The fourth-order valence-corrected chi connectivity index (χ4v) is 4.53. The molecule has 2 aromatic carbocycles. The molecule has 8 heteroatoms. The van der Waals surface area contributed by atoms with Gasteiger partial charge >= 0.3 is 0 Å². The first kappa shape index (κ1) is 22.0. The minimum Gasteiger partial charge on any atom is -0.343 e. The molecule has 0 unspecified atom stereocenters. The van der Waals surface area contributed by atoms with Gasteiger partial charge < -0.3 is 9.42 Å². The van der Waals surface area contributed by atoms with Gasteiger partial charge in [0.2, 0.25) is 11.8 Å². The second kappa shape index (κ2) is 8.85. The maximum atomic E-state index is 12.8. The van der Waals surface area contributed by atoms with Crippen LogP contribution in [0.25, 0.3) is 22.4 Å². The first-order valence-electron chi connectivity index (χ1n) is 11.6. The number of para-hydroxylation sites is 1. The molecular weight excluding hydrogens is 430 g/mol. The molecule has 0 aliphatic carbocycles. The van der Waals surface area contributed by atoms with Crippen LogP contribution in [0.5, 0.6) is 0 Å². The Kier molecular flexibility index (Phi) is 5.73. The Morgan fingerprint density at radius 3 is 2.41 bits per heavy atom. The van der Waals surface area contributed by atoms with Gasteiger partial charge in [-0.3, -0.25) is 9.59 Å². The van der Waals surface area contributed by atoms with E-state index in [1.165, 1.54) is 4.68 Å². The van der Waals surface area contributed by atoms with Gasteiger partial charge in [-0.05, 0) is 38.0 Å². The van der Waals surface area contributed by atoms with Crippen LogP contribution in [-0.4, -0.2) is 49.7 Å². The van der Waals surface area contributed by atoms with E-state index >= 15 is 0 Å². The van der Waals surface area contributed by atoms with Crippen LogP contribution in [0, 0.1) is 6.92 Å².